The van der Waals surface area contributed by atoms with E-state index in [2.05, 4.69) is 10.6 Å². The fraction of sp³-hybridized carbons (Fsp3) is 0.310. The molecule has 0 fully saturated rings. The minimum atomic E-state index is -3.28. The molecule has 0 saturated carbocycles. The molecule has 7 nitrogen and oxygen atoms in total. The van der Waals surface area contributed by atoms with Gasteiger partial charge in [-0.3, -0.25) is 9.59 Å². The van der Waals surface area contributed by atoms with Crippen molar-refractivity contribution >= 4 is 21.7 Å². The molecule has 4 N–H and O–H groups in total. The highest BCUT2D eigenvalue weighted by atomic mass is 32.2. The molecule has 3 aromatic carbocycles. The number of rotatable bonds is 10. The van der Waals surface area contributed by atoms with E-state index in [0.717, 1.165) is 22.9 Å². The zero-order valence-electron chi connectivity index (χ0n) is 21.2. The third-order valence-corrected chi connectivity index (χ3v) is 7.98. The van der Waals surface area contributed by atoms with Gasteiger partial charge in [-0.2, -0.15) is 0 Å². The zero-order valence-corrected chi connectivity index (χ0v) is 22.1. The summed E-state index contributed by atoms with van der Waals surface area (Å²) in [4.78, 5) is 26.8. The van der Waals surface area contributed by atoms with Crippen molar-refractivity contribution in [3.05, 3.63) is 101 Å². The van der Waals surface area contributed by atoms with Crippen molar-refractivity contribution in [1.29, 1.82) is 0 Å². The van der Waals surface area contributed by atoms with Crippen LogP contribution in [0.4, 0.5) is 4.39 Å². The van der Waals surface area contributed by atoms with Gasteiger partial charge in [0.1, 0.15) is 11.4 Å². The Hall–Kier alpha value is -3.56. The summed E-state index contributed by atoms with van der Waals surface area (Å²) in [5.74, 6) is -1.03. The van der Waals surface area contributed by atoms with Gasteiger partial charge >= 0.3 is 0 Å². The summed E-state index contributed by atoms with van der Waals surface area (Å²) < 4.78 is 37.3. The second-order valence-electron chi connectivity index (χ2n) is 9.93. The van der Waals surface area contributed by atoms with Gasteiger partial charge in [0, 0.05) is 38.1 Å². The monoisotopic (exact) mass is 537 g/mol. The first-order valence-electron chi connectivity index (χ1n) is 12.5. The van der Waals surface area contributed by atoms with E-state index in [0.29, 0.717) is 31.4 Å². The molecule has 4 rings (SSSR count). The summed E-state index contributed by atoms with van der Waals surface area (Å²) >= 11 is 0. The molecule has 3 aromatic rings. The number of amides is 2. The lowest BCUT2D eigenvalue weighted by Gasteiger charge is -2.30. The quantitative estimate of drug-likeness (QED) is 0.367. The average Bonchev–Trinajstić information content (AvgIpc) is 3.24. The smallest absolute Gasteiger partial charge is 0.246 e. The van der Waals surface area contributed by atoms with E-state index < -0.39 is 21.4 Å². The van der Waals surface area contributed by atoms with Crippen LogP contribution < -0.4 is 16.4 Å². The number of carbonyl (C=O) groups is 2. The Kier molecular flexibility index (Phi) is 8.28. The van der Waals surface area contributed by atoms with Gasteiger partial charge in [-0.05, 0) is 53.3 Å². The van der Waals surface area contributed by atoms with Crippen molar-refractivity contribution in [3.8, 4) is 0 Å². The summed E-state index contributed by atoms with van der Waals surface area (Å²) in [6.07, 6.45) is 2.52. The Labute approximate surface area is 222 Å². The molecular formula is C29H32FN3O4S. The van der Waals surface area contributed by atoms with E-state index in [1.165, 1.54) is 6.07 Å². The Bertz CT molecular complexity index is 1400. The fourth-order valence-electron chi connectivity index (χ4n) is 4.89. The normalized spacial score (nSPS) is 14.9. The van der Waals surface area contributed by atoms with E-state index in [4.69, 9.17) is 5.73 Å². The van der Waals surface area contributed by atoms with Crippen LogP contribution in [0.25, 0.3) is 0 Å². The second kappa shape index (κ2) is 11.4. The summed E-state index contributed by atoms with van der Waals surface area (Å²) in [5, 5.41) is 5.90. The SMILES string of the molecule is CS(=O)(=O)c1ccc(CCNC(=O)C2(NC(=O)C[C@H](N)Cc3ccccc3F)Cc3ccccc3C2)cc1. The Balaban J connectivity index is 1.41. The molecule has 0 heterocycles. The van der Waals surface area contributed by atoms with E-state index in [-0.39, 0.29) is 35.4 Å². The lowest BCUT2D eigenvalue weighted by Crippen LogP contribution is -2.60. The summed E-state index contributed by atoms with van der Waals surface area (Å²) in [7, 11) is -3.28. The number of carbonyl (C=O) groups excluding carboxylic acids is 2. The van der Waals surface area contributed by atoms with Gasteiger partial charge in [-0.15, -0.1) is 0 Å². The predicted octanol–water partition coefficient (Wildman–Crippen LogP) is 2.50. The van der Waals surface area contributed by atoms with Crippen molar-refractivity contribution in [2.75, 3.05) is 12.8 Å². The van der Waals surface area contributed by atoms with Crippen LogP contribution in [0.2, 0.25) is 0 Å². The van der Waals surface area contributed by atoms with Crippen LogP contribution in [0.3, 0.4) is 0 Å². The van der Waals surface area contributed by atoms with E-state index >= 15 is 0 Å². The Morgan fingerprint density at radius 2 is 1.58 bits per heavy atom. The molecule has 38 heavy (non-hydrogen) atoms. The number of nitrogens with two attached hydrogens (primary N) is 1. The maximum atomic E-state index is 14.0. The lowest BCUT2D eigenvalue weighted by molar-refractivity contribution is -0.133. The molecule has 1 aliphatic carbocycles. The minimum absolute atomic E-state index is 0.0492. The van der Waals surface area contributed by atoms with Crippen molar-refractivity contribution in [3.63, 3.8) is 0 Å². The molecule has 0 saturated heterocycles. The molecular weight excluding hydrogens is 505 g/mol. The number of nitrogens with one attached hydrogen (secondary N) is 2. The number of benzene rings is 3. The number of sulfone groups is 1. The van der Waals surface area contributed by atoms with Crippen LogP contribution in [-0.2, 0) is 45.1 Å². The maximum Gasteiger partial charge on any atom is 0.246 e. The van der Waals surface area contributed by atoms with Crippen molar-refractivity contribution in [2.24, 2.45) is 5.73 Å². The molecule has 0 aliphatic heterocycles. The van der Waals surface area contributed by atoms with Crippen LogP contribution in [0.15, 0.2) is 77.7 Å². The van der Waals surface area contributed by atoms with E-state index in [9.17, 15) is 22.4 Å². The zero-order chi connectivity index (χ0) is 27.3. The molecule has 1 aliphatic rings. The van der Waals surface area contributed by atoms with Gasteiger partial charge in [0.25, 0.3) is 0 Å². The molecule has 0 radical (unpaired) electrons. The second-order valence-corrected chi connectivity index (χ2v) is 12.0. The molecule has 9 heteroatoms. The first-order chi connectivity index (χ1) is 18.1. The highest BCUT2D eigenvalue weighted by Gasteiger charge is 2.44. The molecule has 0 spiro atoms. The third kappa shape index (κ3) is 6.65. The molecule has 0 aromatic heterocycles. The van der Waals surface area contributed by atoms with Gasteiger partial charge in [0.15, 0.2) is 9.84 Å². The largest absolute Gasteiger partial charge is 0.354 e. The van der Waals surface area contributed by atoms with Crippen molar-refractivity contribution in [1.82, 2.24) is 10.6 Å². The Morgan fingerprint density at radius 1 is 0.974 bits per heavy atom. The van der Waals surface area contributed by atoms with E-state index in [1.54, 1.807) is 42.5 Å². The number of hydrogen-bond donors (Lipinski definition) is 3. The molecule has 1 atom stereocenters. The van der Waals surface area contributed by atoms with Crippen LogP contribution in [-0.4, -0.2) is 44.6 Å². The average molecular weight is 538 g/mol. The number of fused-ring (bicyclic) bond motifs is 1. The molecule has 2 amide bonds. The van der Waals surface area contributed by atoms with Gasteiger partial charge in [-0.25, -0.2) is 12.8 Å². The summed E-state index contributed by atoms with van der Waals surface area (Å²) in [6, 6.07) is 20.0. The van der Waals surface area contributed by atoms with Gasteiger partial charge in [-0.1, -0.05) is 54.6 Å². The Morgan fingerprint density at radius 3 is 2.18 bits per heavy atom. The highest BCUT2D eigenvalue weighted by molar-refractivity contribution is 7.90. The number of halogens is 1. The first kappa shape index (κ1) is 27.5. The fourth-order valence-corrected chi connectivity index (χ4v) is 5.52. The number of hydrogen-bond acceptors (Lipinski definition) is 5. The van der Waals surface area contributed by atoms with Crippen LogP contribution in [0.5, 0.6) is 0 Å². The van der Waals surface area contributed by atoms with Gasteiger partial charge in [0.2, 0.25) is 11.8 Å². The third-order valence-electron chi connectivity index (χ3n) is 6.85. The minimum Gasteiger partial charge on any atom is -0.354 e. The summed E-state index contributed by atoms with van der Waals surface area (Å²) in [5.41, 5.74) is 8.33. The van der Waals surface area contributed by atoms with Gasteiger partial charge < -0.3 is 16.4 Å². The first-order valence-corrected chi connectivity index (χ1v) is 14.4. The standard InChI is InChI=1S/C29H32FN3O4S/c1-38(36,37)25-12-10-20(11-13-25)14-15-32-28(35)29(18-22-7-2-3-8-23(22)19-29)33-27(34)17-24(31)16-21-6-4-5-9-26(21)30/h2-13,24H,14-19,31H2,1H3,(H,32,35)(H,33,34)/t24-/m1/s1. The van der Waals surface area contributed by atoms with Gasteiger partial charge in [0.05, 0.1) is 4.90 Å². The maximum absolute atomic E-state index is 14.0. The highest BCUT2D eigenvalue weighted by Crippen LogP contribution is 2.30. The molecule has 200 valence electrons. The van der Waals surface area contributed by atoms with Crippen LogP contribution in [0.1, 0.15) is 28.7 Å². The topological polar surface area (TPSA) is 118 Å². The van der Waals surface area contributed by atoms with Crippen LogP contribution in [0, 0.1) is 5.82 Å². The molecule has 0 bridgehead atoms. The van der Waals surface area contributed by atoms with Crippen molar-refractivity contribution in [2.45, 2.75) is 48.6 Å². The molecule has 0 unspecified atom stereocenters. The lowest BCUT2D eigenvalue weighted by atomic mass is 9.93. The van der Waals surface area contributed by atoms with Crippen LogP contribution >= 0.6 is 0 Å². The summed E-state index contributed by atoms with van der Waals surface area (Å²) in [6.45, 7) is 0.317. The van der Waals surface area contributed by atoms with Crippen molar-refractivity contribution < 1.29 is 22.4 Å². The predicted molar refractivity (Wildman–Crippen MR) is 144 cm³/mol. The van der Waals surface area contributed by atoms with E-state index in [1.807, 2.05) is 24.3 Å².